The van der Waals surface area contributed by atoms with Crippen molar-refractivity contribution >= 4 is 0 Å². The first-order chi connectivity index (χ1) is 4.37. The molecule has 1 atom stereocenters. The van der Waals surface area contributed by atoms with Gasteiger partial charge >= 0.3 is 0 Å². The molecule has 2 heteroatoms. The summed E-state index contributed by atoms with van der Waals surface area (Å²) in [5, 5.41) is 8.97. The van der Waals surface area contributed by atoms with E-state index in [2.05, 4.69) is 0 Å². The molecular weight excluding hydrogens is 116 g/mol. The molecule has 0 amide bonds. The first kappa shape index (κ1) is 5.69. The molecule has 2 aliphatic rings. The molecule has 52 valence electrons. The molecule has 0 aromatic carbocycles. The number of epoxide rings is 1. The van der Waals surface area contributed by atoms with Gasteiger partial charge in [0.2, 0.25) is 0 Å². The van der Waals surface area contributed by atoms with E-state index in [0.29, 0.717) is 12.7 Å². The van der Waals surface area contributed by atoms with Gasteiger partial charge in [-0.05, 0) is 12.8 Å². The summed E-state index contributed by atoms with van der Waals surface area (Å²) in [6, 6.07) is 0. The fourth-order valence-electron chi connectivity index (χ4n) is 1.61. The Bertz CT molecular complexity index is 109. The Balaban J connectivity index is 1.99. The molecule has 9 heavy (non-hydrogen) atoms. The van der Waals surface area contributed by atoms with E-state index in [1.54, 1.807) is 0 Å². The average Bonchev–Trinajstić information content (AvgIpc) is 2.47. The Morgan fingerprint density at radius 1 is 1.56 bits per heavy atom. The summed E-state index contributed by atoms with van der Waals surface area (Å²) in [6.45, 7) is 1.22. The molecule has 1 unspecified atom stereocenters. The first-order valence-electron chi connectivity index (χ1n) is 3.60. The largest absolute Gasteiger partial charge is 0.396 e. The lowest BCUT2D eigenvalue weighted by atomic mass is 9.67. The van der Waals surface area contributed by atoms with Gasteiger partial charge in [-0.25, -0.2) is 0 Å². The molecule has 0 spiro atoms. The molecule has 1 heterocycles. The zero-order valence-electron chi connectivity index (χ0n) is 5.47. The average molecular weight is 128 g/mol. The minimum Gasteiger partial charge on any atom is -0.396 e. The number of aliphatic hydroxyl groups excluding tert-OH is 1. The molecule has 2 nitrogen and oxygen atoms in total. The van der Waals surface area contributed by atoms with Gasteiger partial charge < -0.3 is 9.84 Å². The van der Waals surface area contributed by atoms with Crippen LogP contribution < -0.4 is 0 Å². The van der Waals surface area contributed by atoms with Gasteiger partial charge in [0.25, 0.3) is 0 Å². The van der Waals surface area contributed by atoms with Gasteiger partial charge in [-0.15, -0.1) is 0 Å². The van der Waals surface area contributed by atoms with Crippen LogP contribution in [0.3, 0.4) is 0 Å². The maximum atomic E-state index is 8.97. The van der Waals surface area contributed by atoms with Crippen LogP contribution in [0.1, 0.15) is 19.3 Å². The van der Waals surface area contributed by atoms with Crippen LogP contribution in [0.2, 0.25) is 0 Å². The van der Waals surface area contributed by atoms with Crippen molar-refractivity contribution in [1.82, 2.24) is 0 Å². The normalized spacial score (nSPS) is 37.7. The standard InChI is InChI=1S/C7H12O2/c8-5-7(2-1-3-7)6-4-9-6/h6,8H,1-5H2. The lowest BCUT2D eigenvalue weighted by molar-refractivity contribution is 0.0168. The summed E-state index contributed by atoms with van der Waals surface area (Å²) in [5.41, 5.74) is 0.208. The van der Waals surface area contributed by atoms with E-state index >= 15 is 0 Å². The highest BCUT2D eigenvalue weighted by Gasteiger charge is 2.50. The Labute approximate surface area is 54.8 Å². The monoisotopic (exact) mass is 128 g/mol. The van der Waals surface area contributed by atoms with Crippen LogP contribution in [-0.2, 0) is 4.74 Å². The quantitative estimate of drug-likeness (QED) is 0.551. The molecular formula is C7H12O2. The molecule has 1 saturated carbocycles. The van der Waals surface area contributed by atoms with Crippen molar-refractivity contribution in [3.8, 4) is 0 Å². The van der Waals surface area contributed by atoms with Crippen LogP contribution in [0.5, 0.6) is 0 Å². The lowest BCUT2D eigenvalue weighted by Gasteiger charge is -2.38. The minimum absolute atomic E-state index is 0.208. The molecule has 1 saturated heterocycles. The summed E-state index contributed by atoms with van der Waals surface area (Å²) >= 11 is 0. The van der Waals surface area contributed by atoms with Gasteiger partial charge in [0, 0.05) is 5.41 Å². The van der Waals surface area contributed by atoms with Crippen LogP contribution in [-0.4, -0.2) is 24.4 Å². The highest BCUT2D eigenvalue weighted by molar-refractivity contribution is 4.98. The smallest absolute Gasteiger partial charge is 0.0887 e. The third-order valence-electron chi connectivity index (χ3n) is 2.68. The molecule has 1 aliphatic heterocycles. The van der Waals surface area contributed by atoms with E-state index in [1.807, 2.05) is 0 Å². The van der Waals surface area contributed by atoms with Crippen molar-refractivity contribution in [1.29, 1.82) is 0 Å². The van der Waals surface area contributed by atoms with Crippen LogP contribution >= 0.6 is 0 Å². The third-order valence-corrected chi connectivity index (χ3v) is 2.68. The Morgan fingerprint density at radius 2 is 2.22 bits per heavy atom. The minimum atomic E-state index is 0.208. The summed E-state index contributed by atoms with van der Waals surface area (Å²) in [7, 11) is 0. The Morgan fingerprint density at radius 3 is 2.33 bits per heavy atom. The molecule has 2 fully saturated rings. The van der Waals surface area contributed by atoms with E-state index < -0.39 is 0 Å². The fraction of sp³-hybridized carbons (Fsp3) is 1.00. The van der Waals surface area contributed by atoms with Crippen molar-refractivity contribution in [2.75, 3.05) is 13.2 Å². The zero-order chi connectivity index (χ0) is 6.32. The first-order valence-corrected chi connectivity index (χ1v) is 3.60. The SMILES string of the molecule is OCC1(C2CO2)CCC1. The number of rotatable bonds is 2. The number of hydrogen-bond acceptors (Lipinski definition) is 2. The van der Waals surface area contributed by atoms with Crippen molar-refractivity contribution in [2.24, 2.45) is 5.41 Å². The third kappa shape index (κ3) is 0.700. The molecule has 2 rings (SSSR count). The van der Waals surface area contributed by atoms with E-state index in [-0.39, 0.29) is 5.41 Å². The van der Waals surface area contributed by atoms with Gasteiger partial charge in [-0.1, -0.05) is 6.42 Å². The summed E-state index contributed by atoms with van der Waals surface area (Å²) < 4.78 is 5.15. The Kier molecular flexibility index (Phi) is 1.08. The van der Waals surface area contributed by atoms with Gasteiger partial charge in [-0.2, -0.15) is 0 Å². The second kappa shape index (κ2) is 1.70. The van der Waals surface area contributed by atoms with Crippen LogP contribution in [0.25, 0.3) is 0 Å². The predicted molar refractivity (Wildman–Crippen MR) is 33.1 cm³/mol. The lowest BCUT2D eigenvalue weighted by Crippen LogP contribution is -2.38. The topological polar surface area (TPSA) is 32.8 Å². The number of ether oxygens (including phenoxy) is 1. The highest BCUT2D eigenvalue weighted by Crippen LogP contribution is 2.48. The molecule has 0 aromatic heterocycles. The van der Waals surface area contributed by atoms with Gasteiger partial charge in [0.1, 0.15) is 0 Å². The van der Waals surface area contributed by atoms with E-state index in [4.69, 9.17) is 9.84 Å². The molecule has 1 N–H and O–H groups in total. The molecule has 0 aromatic rings. The number of aliphatic hydroxyl groups is 1. The van der Waals surface area contributed by atoms with Gasteiger partial charge in [0.05, 0.1) is 19.3 Å². The predicted octanol–water partition coefficient (Wildman–Crippen LogP) is 0.548. The maximum absolute atomic E-state index is 8.97. The second-order valence-electron chi connectivity index (χ2n) is 3.20. The maximum Gasteiger partial charge on any atom is 0.0887 e. The fourth-order valence-corrected chi connectivity index (χ4v) is 1.61. The van der Waals surface area contributed by atoms with E-state index in [0.717, 1.165) is 6.61 Å². The van der Waals surface area contributed by atoms with Crippen molar-refractivity contribution in [3.05, 3.63) is 0 Å². The van der Waals surface area contributed by atoms with Crippen molar-refractivity contribution in [2.45, 2.75) is 25.4 Å². The Hall–Kier alpha value is -0.0800. The van der Waals surface area contributed by atoms with Crippen LogP contribution in [0.4, 0.5) is 0 Å². The molecule has 0 bridgehead atoms. The van der Waals surface area contributed by atoms with E-state index in [1.165, 1.54) is 19.3 Å². The molecule has 0 radical (unpaired) electrons. The highest BCUT2D eigenvalue weighted by atomic mass is 16.6. The van der Waals surface area contributed by atoms with Crippen LogP contribution in [0, 0.1) is 5.41 Å². The van der Waals surface area contributed by atoms with Gasteiger partial charge in [-0.3, -0.25) is 0 Å². The summed E-state index contributed by atoms with van der Waals surface area (Å²) in [6.07, 6.45) is 4.04. The summed E-state index contributed by atoms with van der Waals surface area (Å²) in [5.74, 6) is 0. The second-order valence-corrected chi connectivity index (χ2v) is 3.20. The van der Waals surface area contributed by atoms with Crippen LogP contribution in [0.15, 0.2) is 0 Å². The molecule has 1 aliphatic carbocycles. The summed E-state index contributed by atoms with van der Waals surface area (Å²) in [4.78, 5) is 0. The van der Waals surface area contributed by atoms with Crippen molar-refractivity contribution < 1.29 is 9.84 Å². The van der Waals surface area contributed by atoms with E-state index in [9.17, 15) is 0 Å². The number of hydrogen-bond donors (Lipinski definition) is 1. The zero-order valence-corrected chi connectivity index (χ0v) is 5.47. The van der Waals surface area contributed by atoms with Gasteiger partial charge in [0.15, 0.2) is 0 Å². The van der Waals surface area contributed by atoms with Crippen molar-refractivity contribution in [3.63, 3.8) is 0 Å².